The van der Waals surface area contributed by atoms with Crippen molar-refractivity contribution in [3.8, 4) is 0 Å². The van der Waals surface area contributed by atoms with E-state index < -0.39 is 20.8 Å². The fourth-order valence-electron chi connectivity index (χ4n) is 1.94. The molecule has 2 rings (SSSR count). The highest BCUT2D eigenvalue weighted by Gasteiger charge is 2.24. The second-order valence-corrected chi connectivity index (χ2v) is 6.62. The van der Waals surface area contributed by atoms with Gasteiger partial charge in [-0.05, 0) is 36.8 Å². The molecule has 22 heavy (non-hydrogen) atoms. The van der Waals surface area contributed by atoms with Gasteiger partial charge in [0.1, 0.15) is 5.82 Å². The van der Waals surface area contributed by atoms with Crippen LogP contribution < -0.4 is 4.31 Å². The molecule has 2 aromatic carbocycles. The predicted molar refractivity (Wildman–Crippen MR) is 79.8 cm³/mol. The molecule has 0 unspecified atom stereocenters. The molecule has 0 aliphatic carbocycles. The minimum atomic E-state index is -3.93. The number of nitro benzene ring substituents is 1. The van der Waals surface area contributed by atoms with Crippen LogP contribution in [0.1, 0.15) is 5.56 Å². The van der Waals surface area contributed by atoms with E-state index in [2.05, 4.69) is 0 Å². The van der Waals surface area contributed by atoms with Gasteiger partial charge in [-0.15, -0.1) is 0 Å². The van der Waals surface area contributed by atoms with Crippen molar-refractivity contribution in [2.45, 2.75) is 11.8 Å². The molecule has 0 amide bonds. The van der Waals surface area contributed by atoms with Crippen LogP contribution >= 0.6 is 0 Å². The second kappa shape index (κ2) is 5.72. The van der Waals surface area contributed by atoms with E-state index in [0.29, 0.717) is 5.56 Å². The van der Waals surface area contributed by atoms with Crippen LogP contribution in [0.5, 0.6) is 0 Å². The van der Waals surface area contributed by atoms with E-state index in [1.165, 1.54) is 25.2 Å². The molecule has 8 heteroatoms. The summed E-state index contributed by atoms with van der Waals surface area (Å²) in [5, 5.41) is 10.8. The monoisotopic (exact) mass is 324 g/mol. The van der Waals surface area contributed by atoms with Gasteiger partial charge in [0, 0.05) is 19.2 Å². The van der Waals surface area contributed by atoms with Crippen LogP contribution in [0, 0.1) is 22.9 Å². The summed E-state index contributed by atoms with van der Waals surface area (Å²) in [5.41, 5.74) is 0.555. The second-order valence-electron chi connectivity index (χ2n) is 4.65. The molecule has 2 aromatic rings. The Morgan fingerprint density at radius 2 is 1.73 bits per heavy atom. The Hall–Kier alpha value is -2.48. The Bertz CT molecular complexity index is 819. The van der Waals surface area contributed by atoms with Crippen LogP contribution in [0.2, 0.25) is 0 Å². The highest BCUT2D eigenvalue weighted by molar-refractivity contribution is 7.92. The molecule has 6 nitrogen and oxygen atoms in total. The lowest BCUT2D eigenvalue weighted by atomic mass is 10.2. The minimum Gasteiger partial charge on any atom is -0.269 e. The van der Waals surface area contributed by atoms with Gasteiger partial charge in [0.05, 0.1) is 15.5 Å². The third kappa shape index (κ3) is 2.91. The molecule has 0 aliphatic rings. The van der Waals surface area contributed by atoms with Gasteiger partial charge in [0.15, 0.2) is 0 Å². The Morgan fingerprint density at radius 1 is 1.14 bits per heavy atom. The first-order valence-corrected chi connectivity index (χ1v) is 7.67. The van der Waals surface area contributed by atoms with Gasteiger partial charge in [-0.3, -0.25) is 14.4 Å². The van der Waals surface area contributed by atoms with Crippen molar-refractivity contribution >= 4 is 21.4 Å². The zero-order valence-corrected chi connectivity index (χ0v) is 12.7. The highest BCUT2D eigenvalue weighted by atomic mass is 32.2. The molecule has 0 radical (unpaired) electrons. The summed E-state index contributed by atoms with van der Waals surface area (Å²) in [6.45, 7) is 1.65. The molecule has 0 aromatic heterocycles. The van der Waals surface area contributed by atoms with Crippen LogP contribution in [0.4, 0.5) is 15.8 Å². The summed E-state index contributed by atoms with van der Waals surface area (Å²) in [7, 11) is -2.63. The van der Waals surface area contributed by atoms with Gasteiger partial charge in [0.25, 0.3) is 15.7 Å². The van der Waals surface area contributed by atoms with E-state index in [1.54, 1.807) is 6.92 Å². The summed E-state index contributed by atoms with van der Waals surface area (Å²) >= 11 is 0. The fraction of sp³-hybridized carbons (Fsp3) is 0.143. The zero-order valence-electron chi connectivity index (χ0n) is 11.9. The number of benzene rings is 2. The van der Waals surface area contributed by atoms with Crippen molar-refractivity contribution in [1.82, 2.24) is 0 Å². The number of anilines is 1. The minimum absolute atomic E-state index is 0.0951. The maximum absolute atomic E-state index is 12.9. The first-order chi connectivity index (χ1) is 10.2. The van der Waals surface area contributed by atoms with Gasteiger partial charge in [-0.25, -0.2) is 12.8 Å². The third-order valence-electron chi connectivity index (χ3n) is 3.21. The number of halogens is 1. The van der Waals surface area contributed by atoms with Gasteiger partial charge >= 0.3 is 0 Å². The van der Waals surface area contributed by atoms with Crippen LogP contribution in [-0.2, 0) is 10.0 Å². The summed E-state index contributed by atoms with van der Waals surface area (Å²) in [6.07, 6.45) is 0. The van der Waals surface area contributed by atoms with Crippen LogP contribution in [0.3, 0.4) is 0 Å². The van der Waals surface area contributed by atoms with E-state index in [0.717, 1.165) is 28.6 Å². The molecule has 0 spiro atoms. The van der Waals surface area contributed by atoms with Crippen LogP contribution in [0.25, 0.3) is 0 Å². The molecule has 0 aliphatic heterocycles. The van der Waals surface area contributed by atoms with Gasteiger partial charge < -0.3 is 0 Å². The number of aryl methyl sites for hydroxylation is 1. The van der Waals surface area contributed by atoms with Crippen molar-refractivity contribution in [3.63, 3.8) is 0 Å². The van der Waals surface area contributed by atoms with E-state index >= 15 is 0 Å². The first kappa shape index (κ1) is 15.9. The van der Waals surface area contributed by atoms with Crippen molar-refractivity contribution in [1.29, 1.82) is 0 Å². The number of non-ortho nitro benzene ring substituents is 1. The van der Waals surface area contributed by atoms with E-state index in [9.17, 15) is 22.9 Å². The maximum atomic E-state index is 12.9. The topological polar surface area (TPSA) is 80.5 Å². The van der Waals surface area contributed by atoms with Crippen molar-refractivity contribution in [2.75, 3.05) is 11.4 Å². The zero-order chi connectivity index (χ0) is 16.5. The summed E-state index contributed by atoms with van der Waals surface area (Å²) in [5.74, 6) is -0.548. The van der Waals surface area contributed by atoms with E-state index in [1.807, 2.05) is 0 Å². The molecule has 0 atom stereocenters. The molecule has 0 fully saturated rings. The van der Waals surface area contributed by atoms with E-state index in [4.69, 9.17) is 0 Å². The molecule has 116 valence electrons. The molecule has 0 bridgehead atoms. The fourth-order valence-corrected chi connectivity index (χ4v) is 3.20. The predicted octanol–water partition coefficient (Wildman–Crippen LogP) is 2.87. The smallest absolute Gasteiger partial charge is 0.269 e. The Kier molecular flexibility index (Phi) is 4.14. The first-order valence-electron chi connectivity index (χ1n) is 6.23. The lowest BCUT2D eigenvalue weighted by Gasteiger charge is -2.21. The Labute approximate surface area is 127 Å². The van der Waals surface area contributed by atoms with Crippen LogP contribution in [-0.4, -0.2) is 20.4 Å². The normalized spacial score (nSPS) is 11.2. The van der Waals surface area contributed by atoms with Crippen molar-refractivity contribution in [2.24, 2.45) is 0 Å². The summed E-state index contributed by atoms with van der Waals surface area (Å²) in [4.78, 5) is 10.1. The Balaban J connectivity index is 2.50. The standard InChI is InChI=1S/C14H13FN2O4S/c1-10-3-6-12(17(18)19)9-14(10)16(2)22(20,21)13-7-4-11(15)5-8-13/h3-9H,1-2H3. The van der Waals surface area contributed by atoms with Gasteiger partial charge in [0.2, 0.25) is 0 Å². The number of hydrogen-bond donors (Lipinski definition) is 0. The van der Waals surface area contributed by atoms with Crippen molar-refractivity contribution in [3.05, 3.63) is 64.0 Å². The number of sulfonamides is 1. The summed E-state index contributed by atoms with van der Waals surface area (Å²) in [6, 6.07) is 8.35. The maximum Gasteiger partial charge on any atom is 0.271 e. The average Bonchev–Trinajstić information content (AvgIpc) is 2.47. The molecule has 0 N–H and O–H groups in total. The highest BCUT2D eigenvalue weighted by Crippen LogP contribution is 2.29. The number of nitro groups is 1. The number of rotatable bonds is 4. The van der Waals surface area contributed by atoms with Crippen molar-refractivity contribution < 1.29 is 17.7 Å². The molecule has 0 saturated heterocycles. The lowest BCUT2D eigenvalue weighted by molar-refractivity contribution is -0.384. The number of nitrogens with zero attached hydrogens (tertiary/aromatic N) is 2. The van der Waals surface area contributed by atoms with Gasteiger partial charge in [-0.2, -0.15) is 0 Å². The third-order valence-corrected chi connectivity index (χ3v) is 5.00. The van der Waals surface area contributed by atoms with E-state index in [-0.39, 0.29) is 16.3 Å². The largest absolute Gasteiger partial charge is 0.271 e. The Morgan fingerprint density at radius 3 is 2.27 bits per heavy atom. The SMILES string of the molecule is Cc1ccc([N+](=O)[O-])cc1N(C)S(=O)(=O)c1ccc(F)cc1. The number of hydrogen-bond acceptors (Lipinski definition) is 4. The molecule has 0 heterocycles. The molecular formula is C14H13FN2O4S. The molecule has 0 saturated carbocycles. The quantitative estimate of drug-likeness (QED) is 0.640. The molecular weight excluding hydrogens is 311 g/mol. The summed E-state index contributed by atoms with van der Waals surface area (Å²) < 4.78 is 38.9. The van der Waals surface area contributed by atoms with Crippen LogP contribution in [0.15, 0.2) is 47.4 Å². The average molecular weight is 324 g/mol. The lowest BCUT2D eigenvalue weighted by Crippen LogP contribution is -2.27. The van der Waals surface area contributed by atoms with Gasteiger partial charge in [-0.1, -0.05) is 6.07 Å².